The van der Waals surface area contributed by atoms with E-state index in [0.717, 1.165) is 19.3 Å². The zero-order valence-corrected chi connectivity index (χ0v) is 9.63. The van der Waals surface area contributed by atoms with E-state index in [2.05, 4.69) is 16.2 Å². The molecule has 0 aromatic carbocycles. The van der Waals surface area contributed by atoms with Gasteiger partial charge in [0.25, 0.3) is 5.91 Å². The zero-order chi connectivity index (χ0) is 11.8. The monoisotopic (exact) mass is 236 g/mol. The molecule has 0 unspecified atom stereocenters. The topological polar surface area (TPSA) is 42.0 Å². The van der Waals surface area contributed by atoms with Crippen LogP contribution in [0, 0.1) is 12.3 Å². The lowest BCUT2D eigenvalue weighted by atomic mass is 10.2. The minimum atomic E-state index is -0.196. The first-order chi connectivity index (χ1) is 7.75. The van der Waals surface area contributed by atoms with Crippen LogP contribution in [-0.4, -0.2) is 17.4 Å². The van der Waals surface area contributed by atoms with Crippen LogP contribution in [0.25, 0.3) is 0 Å². The molecule has 0 atom stereocenters. The van der Waals surface area contributed by atoms with E-state index in [4.69, 9.17) is 18.0 Å². The standard InChI is InChI=1S/C12H13ClN2O/c1-2-3-4-5-8-15-12(16)10-7-6-9-14-11(10)13/h1,6-7,9H,3-5,8H2,(H,15,16). The third-order valence-electron chi connectivity index (χ3n) is 2.04. The molecule has 0 fully saturated rings. The minimum absolute atomic E-state index is 0.196. The number of carbonyl (C=O) groups is 1. The molecule has 16 heavy (non-hydrogen) atoms. The number of halogens is 1. The number of unbranched alkanes of at least 4 members (excludes halogenated alkanes) is 2. The van der Waals surface area contributed by atoms with Crippen LogP contribution in [0.3, 0.4) is 0 Å². The molecule has 84 valence electrons. The van der Waals surface area contributed by atoms with Gasteiger partial charge in [-0.2, -0.15) is 0 Å². The molecular weight excluding hydrogens is 224 g/mol. The first kappa shape index (κ1) is 12.5. The van der Waals surface area contributed by atoms with Gasteiger partial charge in [-0.1, -0.05) is 11.6 Å². The van der Waals surface area contributed by atoms with Gasteiger partial charge in [-0.25, -0.2) is 4.98 Å². The number of amides is 1. The first-order valence-corrected chi connectivity index (χ1v) is 5.45. The van der Waals surface area contributed by atoms with E-state index in [0.29, 0.717) is 12.1 Å². The summed E-state index contributed by atoms with van der Waals surface area (Å²) in [5.41, 5.74) is 0.404. The van der Waals surface area contributed by atoms with E-state index in [-0.39, 0.29) is 11.1 Å². The van der Waals surface area contributed by atoms with Crippen molar-refractivity contribution in [3.63, 3.8) is 0 Å². The molecule has 0 aliphatic rings. The fourth-order valence-corrected chi connectivity index (χ4v) is 1.41. The Hall–Kier alpha value is -1.53. The fraction of sp³-hybridized carbons (Fsp3) is 0.333. The maximum atomic E-state index is 11.6. The van der Waals surface area contributed by atoms with Crippen molar-refractivity contribution in [2.24, 2.45) is 0 Å². The SMILES string of the molecule is C#CCCCCNC(=O)c1cccnc1Cl. The Kier molecular flexibility index (Phi) is 5.38. The van der Waals surface area contributed by atoms with E-state index in [9.17, 15) is 4.79 Å². The van der Waals surface area contributed by atoms with Crippen LogP contribution in [0.5, 0.6) is 0 Å². The van der Waals surface area contributed by atoms with Gasteiger partial charge in [0.2, 0.25) is 0 Å². The highest BCUT2D eigenvalue weighted by Crippen LogP contribution is 2.10. The Morgan fingerprint density at radius 2 is 2.38 bits per heavy atom. The summed E-state index contributed by atoms with van der Waals surface area (Å²) in [6.45, 7) is 0.603. The highest BCUT2D eigenvalue weighted by Gasteiger charge is 2.08. The molecule has 4 heteroatoms. The predicted molar refractivity (Wildman–Crippen MR) is 64.3 cm³/mol. The van der Waals surface area contributed by atoms with E-state index in [1.54, 1.807) is 18.3 Å². The highest BCUT2D eigenvalue weighted by atomic mass is 35.5. The molecule has 0 radical (unpaired) electrons. The Bertz CT molecular complexity index is 398. The van der Waals surface area contributed by atoms with Crippen molar-refractivity contribution in [1.82, 2.24) is 10.3 Å². The van der Waals surface area contributed by atoms with Gasteiger partial charge in [-0.15, -0.1) is 12.3 Å². The zero-order valence-electron chi connectivity index (χ0n) is 8.87. The van der Waals surface area contributed by atoms with Gasteiger partial charge in [0.1, 0.15) is 5.15 Å². The van der Waals surface area contributed by atoms with Crippen molar-refractivity contribution in [1.29, 1.82) is 0 Å². The van der Waals surface area contributed by atoms with Crippen LogP contribution < -0.4 is 5.32 Å². The number of aromatic nitrogens is 1. The minimum Gasteiger partial charge on any atom is -0.352 e. The van der Waals surface area contributed by atoms with Gasteiger partial charge in [-0.3, -0.25) is 4.79 Å². The van der Waals surface area contributed by atoms with Crippen LogP contribution in [0.1, 0.15) is 29.6 Å². The summed E-state index contributed by atoms with van der Waals surface area (Å²) < 4.78 is 0. The number of carbonyl (C=O) groups excluding carboxylic acids is 1. The number of hydrogen-bond acceptors (Lipinski definition) is 2. The smallest absolute Gasteiger partial charge is 0.254 e. The average Bonchev–Trinajstić information content (AvgIpc) is 2.29. The molecule has 1 heterocycles. The fourth-order valence-electron chi connectivity index (χ4n) is 1.20. The second-order valence-electron chi connectivity index (χ2n) is 3.26. The van der Waals surface area contributed by atoms with Crippen LogP contribution in [0.2, 0.25) is 5.15 Å². The number of nitrogens with one attached hydrogen (secondary N) is 1. The van der Waals surface area contributed by atoms with Gasteiger partial charge < -0.3 is 5.32 Å². The maximum absolute atomic E-state index is 11.6. The summed E-state index contributed by atoms with van der Waals surface area (Å²) in [7, 11) is 0. The van der Waals surface area contributed by atoms with Crippen LogP contribution in [0.15, 0.2) is 18.3 Å². The Balaban J connectivity index is 2.36. The lowest BCUT2D eigenvalue weighted by Gasteiger charge is -2.05. The van der Waals surface area contributed by atoms with Crippen molar-refractivity contribution in [2.75, 3.05) is 6.54 Å². The molecule has 1 amide bonds. The number of nitrogens with zero attached hydrogens (tertiary/aromatic N) is 1. The summed E-state index contributed by atoms with van der Waals surface area (Å²) in [5, 5.41) is 2.99. The van der Waals surface area contributed by atoms with Crippen LogP contribution >= 0.6 is 11.6 Å². The quantitative estimate of drug-likeness (QED) is 0.484. The van der Waals surface area contributed by atoms with Crippen molar-refractivity contribution in [2.45, 2.75) is 19.3 Å². The van der Waals surface area contributed by atoms with Crippen molar-refractivity contribution in [3.8, 4) is 12.3 Å². The predicted octanol–water partition coefficient (Wildman–Crippen LogP) is 2.27. The second kappa shape index (κ2) is 6.86. The molecule has 0 aliphatic carbocycles. The molecular formula is C12H13ClN2O. The highest BCUT2D eigenvalue weighted by molar-refractivity contribution is 6.32. The summed E-state index contributed by atoms with van der Waals surface area (Å²) in [6, 6.07) is 3.32. The molecule has 1 N–H and O–H groups in total. The average molecular weight is 237 g/mol. The van der Waals surface area contributed by atoms with Crippen molar-refractivity contribution >= 4 is 17.5 Å². The third-order valence-corrected chi connectivity index (χ3v) is 2.34. The Morgan fingerprint density at radius 3 is 3.06 bits per heavy atom. The summed E-state index contributed by atoms with van der Waals surface area (Å²) in [4.78, 5) is 15.5. The second-order valence-corrected chi connectivity index (χ2v) is 3.62. The largest absolute Gasteiger partial charge is 0.352 e. The molecule has 0 bridgehead atoms. The molecule has 0 spiro atoms. The van der Waals surface area contributed by atoms with Gasteiger partial charge in [0, 0.05) is 19.2 Å². The van der Waals surface area contributed by atoms with Gasteiger partial charge >= 0.3 is 0 Å². The number of pyridine rings is 1. The van der Waals surface area contributed by atoms with E-state index in [1.807, 2.05) is 0 Å². The van der Waals surface area contributed by atoms with Gasteiger partial charge in [0.05, 0.1) is 5.56 Å². The maximum Gasteiger partial charge on any atom is 0.254 e. The molecule has 3 nitrogen and oxygen atoms in total. The van der Waals surface area contributed by atoms with Crippen molar-refractivity contribution < 1.29 is 4.79 Å². The summed E-state index contributed by atoms with van der Waals surface area (Å²) in [5.74, 6) is 2.36. The molecule has 1 aromatic heterocycles. The summed E-state index contributed by atoms with van der Waals surface area (Å²) in [6.07, 6.45) is 9.19. The Labute approximate surface area is 100 Å². The number of rotatable bonds is 5. The van der Waals surface area contributed by atoms with Crippen LogP contribution in [0.4, 0.5) is 0 Å². The van der Waals surface area contributed by atoms with E-state index < -0.39 is 0 Å². The third kappa shape index (κ3) is 3.92. The lowest BCUT2D eigenvalue weighted by Crippen LogP contribution is -2.24. The molecule has 1 rings (SSSR count). The van der Waals surface area contributed by atoms with Crippen molar-refractivity contribution in [3.05, 3.63) is 29.0 Å². The molecule has 0 aliphatic heterocycles. The van der Waals surface area contributed by atoms with Gasteiger partial charge in [-0.05, 0) is 25.0 Å². The number of hydrogen-bond donors (Lipinski definition) is 1. The molecule has 1 aromatic rings. The van der Waals surface area contributed by atoms with Gasteiger partial charge in [0.15, 0.2) is 0 Å². The lowest BCUT2D eigenvalue weighted by molar-refractivity contribution is 0.0953. The molecule has 0 saturated heterocycles. The first-order valence-electron chi connectivity index (χ1n) is 5.08. The van der Waals surface area contributed by atoms with E-state index >= 15 is 0 Å². The molecule has 0 saturated carbocycles. The van der Waals surface area contributed by atoms with Crippen LogP contribution in [-0.2, 0) is 0 Å². The Morgan fingerprint density at radius 1 is 1.56 bits per heavy atom. The summed E-state index contributed by atoms with van der Waals surface area (Å²) >= 11 is 5.78. The number of terminal acetylenes is 1. The van der Waals surface area contributed by atoms with E-state index in [1.165, 1.54) is 0 Å². The normalized spacial score (nSPS) is 9.50.